The first-order chi connectivity index (χ1) is 26.8. The Hall–Kier alpha value is -2.55. The highest BCUT2D eigenvalue weighted by Gasteiger charge is 2.25. The van der Waals surface area contributed by atoms with Gasteiger partial charge in [-0.3, -0.25) is 18.6 Å². The summed E-state index contributed by atoms with van der Waals surface area (Å²) in [6.07, 6.45) is 49.3. The quantitative estimate of drug-likeness (QED) is 0.0270. The summed E-state index contributed by atoms with van der Waals surface area (Å²) in [4.78, 5) is 34.8. The van der Waals surface area contributed by atoms with Crippen LogP contribution in [0.1, 0.15) is 168 Å². The molecule has 2 atom stereocenters. The molecule has 0 heterocycles. The molecule has 0 bridgehead atoms. The molecule has 316 valence electrons. The van der Waals surface area contributed by atoms with Gasteiger partial charge in [0, 0.05) is 19.4 Å². The number of ether oxygens (including phenoxy) is 2. The van der Waals surface area contributed by atoms with E-state index in [4.69, 9.17) is 24.3 Å². The molecule has 0 aromatic rings. The Morgan fingerprint density at radius 3 is 1.47 bits per heavy atom. The largest absolute Gasteiger partial charge is 0.472 e. The smallest absolute Gasteiger partial charge is 0.462 e. The number of hydrogen-bond acceptors (Lipinski definition) is 8. The lowest BCUT2D eigenvalue weighted by Crippen LogP contribution is -2.29. The molecule has 0 aliphatic rings. The minimum absolute atomic E-state index is 0.0403. The summed E-state index contributed by atoms with van der Waals surface area (Å²) in [5.41, 5.74) is 5.34. The predicted octanol–water partition coefficient (Wildman–Crippen LogP) is 12.3. The highest BCUT2D eigenvalue weighted by atomic mass is 31.2. The summed E-state index contributed by atoms with van der Waals surface area (Å²) in [5.74, 6) is -0.909. The summed E-state index contributed by atoms with van der Waals surface area (Å²) in [6.45, 7) is 3.60. The Bertz CT molecular complexity index is 1130. The van der Waals surface area contributed by atoms with Gasteiger partial charge >= 0.3 is 19.8 Å². The Morgan fingerprint density at radius 1 is 0.545 bits per heavy atom. The lowest BCUT2D eigenvalue weighted by Gasteiger charge is -2.19. The topological polar surface area (TPSA) is 134 Å². The molecule has 0 fully saturated rings. The zero-order valence-corrected chi connectivity index (χ0v) is 35.5. The van der Waals surface area contributed by atoms with Crippen molar-refractivity contribution in [3.63, 3.8) is 0 Å². The second-order valence-electron chi connectivity index (χ2n) is 13.8. The van der Waals surface area contributed by atoms with Crippen LogP contribution >= 0.6 is 7.82 Å². The summed E-state index contributed by atoms with van der Waals surface area (Å²) in [6, 6.07) is 0. The lowest BCUT2D eigenvalue weighted by atomic mass is 10.1. The fraction of sp³-hybridized carbons (Fsp3) is 0.689. The van der Waals surface area contributed by atoms with Crippen molar-refractivity contribution in [2.75, 3.05) is 26.4 Å². The van der Waals surface area contributed by atoms with Gasteiger partial charge in [0.05, 0.1) is 13.2 Å². The van der Waals surface area contributed by atoms with Crippen molar-refractivity contribution in [2.45, 2.75) is 174 Å². The van der Waals surface area contributed by atoms with Crippen LogP contribution in [0.4, 0.5) is 0 Å². The zero-order chi connectivity index (χ0) is 40.3. The maximum absolute atomic E-state index is 12.6. The van der Waals surface area contributed by atoms with E-state index in [1.54, 1.807) is 0 Å². The Balaban J connectivity index is 4.29. The van der Waals surface area contributed by atoms with Crippen LogP contribution in [-0.2, 0) is 32.7 Å². The summed E-state index contributed by atoms with van der Waals surface area (Å²) in [5, 5.41) is 0. The van der Waals surface area contributed by atoms with Crippen molar-refractivity contribution in [2.24, 2.45) is 5.73 Å². The van der Waals surface area contributed by atoms with E-state index >= 15 is 0 Å². The van der Waals surface area contributed by atoms with Gasteiger partial charge in [-0.25, -0.2) is 4.57 Å². The molecule has 0 saturated carbocycles. The first-order valence-electron chi connectivity index (χ1n) is 21.4. The van der Waals surface area contributed by atoms with Crippen molar-refractivity contribution in [3.05, 3.63) is 72.9 Å². The van der Waals surface area contributed by atoms with Gasteiger partial charge in [0.15, 0.2) is 6.10 Å². The molecule has 0 aromatic heterocycles. The summed E-state index contributed by atoms with van der Waals surface area (Å²) in [7, 11) is -4.40. The number of allylic oxidation sites excluding steroid dienone is 12. The highest BCUT2D eigenvalue weighted by Crippen LogP contribution is 2.43. The van der Waals surface area contributed by atoms with Crippen LogP contribution < -0.4 is 5.73 Å². The second-order valence-corrected chi connectivity index (χ2v) is 15.3. The average Bonchev–Trinajstić information content (AvgIpc) is 3.17. The van der Waals surface area contributed by atoms with Gasteiger partial charge in [-0.05, 0) is 89.9 Å². The van der Waals surface area contributed by atoms with E-state index in [-0.39, 0.29) is 32.6 Å². The van der Waals surface area contributed by atoms with E-state index < -0.39 is 32.5 Å². The number of nitrogens with two attached hydrogens (primary N) is 1. The summed E-state index contributed by atoms with van der Waals surface area (Å²) >= 11 is 0. The maximum atomic E-state index is 12.6. The minimum atomic E-state index is -4.40. The molecule has 55 heavy (non-hydrogen) atoms. The van der Waals surface area contributed by atoms with Crippen LogP contribution in [0.3, 0.4) is 0 Å². The van der Waals surface area contributed by atoms with Gasteiger partial charge in [0.1, 0.15) is 6.61 Å². The van der Waals surface area contributed by atoms with Gasteiger partial charge in [0.2, 0.25) is 0 Å². The van der Waals surface area contributed by atoms with Gasteiger partial charge in [-0.1, -0.05) is 138 Å². The van der Waals surface area contributed by atoms with E-state index in [9.17, 15) is 19.0 Å². The van der Waals surface area contributed by atoms with Crippen molar-refractivity contribution < 1.29 is 37.6 Å². The molecule has 10 heteroatoms. The molecule has 0 saturated heterocycles. The van der Waals surface area contributed by atoms with Gasteiger partial charge in [-0.15, -0.1) is 0 Å². The molecule has 0 amide bonds. The third-order valence-corrected chi connectivity index (χ3v) is 9.55. The molecular weight excluding hydrogens is 713 g/mol. The maximum Gasteiger partial charge on any atom is 0.472 e. The minimum Gasteiger partial charge on any atom is -0.462 e. The monoisotopic (exact) mass is 792 g/mol. The standard InChI is InChI=1S/C45H78NO8P/c1-3-5-7-9-11-13-15-17-19-20-21-22-24-25-27-29-31-33-35-37-44(47)51-41-43(42-53-55(49,50)52-40-39-46)54-45(48)38-36-34-32-30-28-26-23-18-16-14-12-10-8-6-4-2/h11,13,17-19,21-23,25,27-28,30,43H,3-10,12,14-16,20,24,26,29,31-42,46H2,1-2H3,(H,49,50)/b13-11+,19-17+,22-21+,23-18+,27-25+,30-28+/t43-/m1/s1. The molecule has 0 aliphatic heterocycles. The van der Waals surface area contributed by atoms with Crippen LogP contribution in [0.5, 0.6) is 0 Å². The zero-order valence-electron chi connectivity index (χ0n) is 34.6. The van der Waals surface area contributed by atoms with Crippen molar-refractivity contribution in [3.8, 4) is 0 Å². The summed E-state index contributed by atoms with van der Waals surface area (Å²) < 4.78 is 32.7. The third kappa shape index (κ3) is 40.9. The normalized spacial score (nSPS) is 14.0. The molecule has 9 nitrogen and oxygen atoms in total. The fourth-order valence-electron chi connectivity index (χ4n) is 5.35. The van der Waals surface area contributed by atoms with Crippen LogP contribution in [0.25, 0.3) is 0 Å². The number of unbranched alkanes of at least 4 members (excludes halogenated alkanes) is 14. The number of esters is 2. The van der Waals surface area contributed by atoms with Crippen LogP contribution in [0.15, 0.2) is 72.9 Å². The predicted molar refractivity (Wildman–Crippen MR) is 229 cm³/mol. The number of rotatable bonds is 39. The lowest BCUT2D eigenvalue weighted by molar-refractivity contribution is -0.161. The molecule has 0 spiro atoms. The highest BCUT2D eigenvalue weighted by molar-refractivity contribution is 7.47. The van der Waals surface area contributed by atoms with Crippen molar-refractivity contribution in [1.82, 2.24) is 0 Å². The number of carbonyl (C=O) groups is 2. The number of phosphoric ester groups is 1. The van der Waals surface area contributed by atoms with Crippen molar-refractivity contribution in [1.29, 1.82) is 0 Å². The Kier molecular flexibility index (Phi) is 39.2. The van der Waals surface area contributed by atoms with E-state index in [0.29, 0.717) is 12.8 Å². The van der Waals surface area contributed by atoms with Crippen molar-refractivity contribution >= 4 is 19.8 Å². The molecule has 0 radical (unpaired) electrons. The Morgan fingerprint density at radius 2 is 0.945 bits per heavy atom. The van der Waals surface area contributed by atoms with E-state index in [1.807, 2.05) is 0 Å². The van der Waals surface area contributed by atoms with E-state index in [0.717, 1.165) is 64.2 Å². The molecule has 0 aromatic carbocycles. The average molecular weight is 792 g/mol. The second kappa shape index (κ2) is 41.1. The molecule has 0 rings (SSSR count). The van der Waals surface area contributed by atoms with Gasteiger partial charge in [0.25, 0.3) is 0 Å². The first kappa shape index (κ1) is 52.5. The fourth-order valence-corrected chi connectivity index (χ4v) is 6.12. The van der Waals surface area contributed by atoms with Crippen LogP contribution in [0, 0.1) is 0 Å². The molecule has 3 N–H and O–H groups in total. The number of hydrogen-bond donors (Lipinski definition) is 2. The van der Waals surface area contributed by atoms with Gasteiger partial charge < -0.3 is 20.1 Å². The molecule has 0 aliphatic carbocycles. The molecule has 1 unspecified atom stereocenters. The van der Waals surface area contributed by atoms with E-state index in [1.165, 1.54) is 64.2 Å². The first-order valence-corrected chi connectivity index (χ1v) is 22.9. The van der Waals surface area contributed by atoms with Gasteiger partial charge in [-0.2, -0.15) is 0 Å². The van der Waals surface area contributed by atoms with Crippen LogP contribution in [-0.4, -0.2) is 49.3 Å². The van der Waals surface area contributed by atoms with E-state index in [2.05, 4.69) is 86.8 Å². The third-order valence-electron chi connectivity index (χ3n) is 8.56. The SMILES string of the molecule is CCCCC/C=C/C/C=C/C/C=C/C/C=C/CCCCCC(=O)OC[C@H](COP(=O)(O)OCCN)OC(=O)CCCC/C=C/C/C=C/CCCCCCCC. The number of carbonyl (C=O) groups excluding carboxylic acids is 2. The number of phosphoric acid groups is 1. The molecular formula is C45H78NO8P. The Labute approximate surface area is 335 Å². The van der Waals surface area contributed by atoms with Crippen LogP contribution in [0.2, 0.25) is 0 Å².